The Kier molecular flexibility index (Phi) is 14.4. The lowest BCUT2D eigenvalue weighted by atomic mass is 9.84. The van der Waals surface area contributed by atoms with Gasteiger partial charge in [-0.25, -0.2) is 0 Å². The fourth-order valence-corrected chi connectivity index (χ4v) is 8.93. The van der Waals surface area contributed by atoms with E-state index >= 15 is 0 Å². The van der Waals surface area contributed by atoms with Gasteiger partial charge in [-0.05, 0) is 17.4 Å². The molecule has 11 heteroatoms. The normalized spacial score (nSPS) is 29.4. The Bertz CT molecular complexity index is 1710. The highest BCUT2D eigenvalue weighted by atomic mass is 16.6. The molecule has 296 valence electrons. The smallest absolute Gasteiger partial charge is 0.307 e. The first kappa shape index (κ1) is 41.7. The first-order valence-electron chi connectivity index (χ1n) is 19.7. The molecule has 11 nitrogen and oxygen atoms in total. The molecule has 2 aliphatic heterocycles. The molecule has 1 aromatic rings. The number of imide groups is 2. The fourth-order valence-electron chi connectivity index (χ4n) is 8.93. The van der Waals surface area contributed by atoms with Gasteiger partial charge in [0.25, 0.3) is 0 Å². The monoisotopic (exact) mass is 754 g/mol. The second-order valence-corrected chi connectivity index (χ2v) is 15.6. The van der Waals surface area contributed by atoms with Crippen LogP contribution in [0.3, 0.4) is 0 Å². The Morgan fingerprint density at radius 3 is 1.78 bits per heavy atom. The highest BCUT2D eigenvalue weighted by Crippen LogP contribution is 2.55. The molecule has 4 aliphatic rings. The summed E-state index contributed by atoms with van der Waals surface area (Å²) >= 11 is 0. The molecule has 0 radical (unpaired) electrons. The molecular formula is C44H58N4O7. The van der Waals surface area contributed by atoms with Crippen molar-refractivity contribution in [3.8, 4) is 0 Å². The van der Waals surface area contributed by atoms with Gasteiger partial charge in [0.15, 0.2) is 0 Å². The van der Waals surface area contributed by atoms with Crippen LogP contribution in [0.4, 0.5) is 0 Å². The molecule has 5 rings (SSSR count). The zero-order valence-corrected chi connectivity index (χ0v) is 32.9. The van der Waals surface area contributed by atoms with Gasteiger partial charge in [0.05, 0.1) is 36.7 Å². The number of carbonyl (C=O) groups is 5. The molecule has 1 aromatic carbocycles. The molecule has 2 aliphatic carbocycles. The highest BCUT2D eigenvalue weighted by molar-refractivity contribution is 6.08. The Labute approximate surface area is 325 Å². The molecule has 0 aromatic heterocycles. The van der Waals surface area contributed by atoms with E-state index in [0.29, 0.717) is 19.7 Å². The Balaban J connectivity index is 1.45. The van der Waals surface area contributed by atoms with Crippen molar-refractivity contribution in [1.82, 2.24) is 15.1 Å². The van der Waals surface area contributed by atoms with Crippen LogP contribution in [0, 0.1) is 59.2 Å². The zero-order valence-electron chi connectivity index (χ0n) is 32.9. The van der Waals surface area contributed by atoms with E-state index in [0.717, 1.165) is 16.7 Å². The molecule has 8 atom stereocenters. The SMILES string of the molecule is C=C[C@H]1/C(=C\C(C)C)[C@@H](C=C[C@H]2/C(=C\C(C)C)[C@@H](C=Cc3ccccc3)[C@@H]3C(=O)N(CCN)C(=O)[C@@H]32)[C@@H]2C(=O)N(CCNCCC(=O)OCCOC)C(=O)[C@@H]21. The van der Waals surface area contributed by atoms with Crippen molar-refractivity contribution < 1.29 is 33.4 Å². The van der Waals surface area contributed by atoms with Gasteiger partial charge < -0.3 is 20.5 Å². The molecule has 0 unspecified atom stereocenters. The molecule has 4 fully saturated rings. The van der Waals surface area contributed by atoms with Crippen molar-refractivity contribution in [2.75, 3.05) is 53.0 Å². The van der Waals surface area contributed by atoms with Gasteiger partial charge in [-0.1, -0.05) is 112 Å². The maximum absolute atomic E-state index is 14.2. The van der Waals surface area contributed by atoms with Gasteiger partial charge in [-0.3, -0.25) is 33.8 Å². The molecule has 0 bridgehead atoms. The molecule has 2 saturated heterocycles. The molecule has 0 spiro atoms. The number of hydrogen-bond donors (Lipinski definition) is 2. The van der Waals surface area contributed by atoms with Crippen LogP contribution in [-0.4, -0.2) is 92.4 Å². The minimum atomic E-state index is -0.634. The zero-order chi connectivity index (χ0) is 39.8. The standard InChI is InChI=1S/C44H58N4O7/c1-7-30-34(25-27(2)3)32(38-37(30)41(50)48(44(38)53)22-20-46-19-17-36(49)55-24-23-54-6)15-16-33-35(26-28(4)5)31(14-13-29-11-9-8-10-12-29)39-40(33)43(52)47(21-18-45)42(39)51/h7-16,25-28,30-33,37-40,46H,1,17-24,45H2,2-6H3/b14-13?,16-15?,34-25+,35-26-/t30-,31+,32+,33-,37+,38-,39-,40+/m0/s1. The van der Waals surface area contributed by atoms with E-state index in [2.05, 4.69) is 57.8 Å². The fraction of sp³-hybridized carbons (Fsp3) is 0.523. The first-order valence-corrected chi connectivity index (χ1v) is 19.7. The molecular weight excluding hydrogens is 697 g/mol. The summed E-state index contributed by atoms with van der Waals surface area (Å²) in [6, 6.07) is 9.89. The molecule has 2 saturated carbocycles. The van der Waals surface area contributed by atoms with Gasteiger partial charge in [-0.15, -0.1) is 6.58 Å². The number of nitrogens with one attached hydrogen (secondary N) is 1. The van der Waals surface area contributed by atoms with Crippen molar-refractivity contribution in [2.24, 2.45) is 64.9 Å². The van der Waals surface area contributed by atoms with Crippen LogP contribution < -0.4 is 11.1 Å². The summed E-state index contributed by atoms with van der Waals surface area (Å²) in [5, 5.41) is 3.15. The van der Waals surface area contributed by atoms with E-state index in [1.165, 1.54) is 16.9 Å². The quantitative estimate of drug-likeness (QED) is 0.0962. The van der Waals surface area contributed by atoms with Crippen LogP contribution in [0.25, 0.3) is 6.08 Å². The lowest BCUT2D eigenvalue weighted by Crippen LogP contribution is -2.39. The van der Waals surface area contributed by atoms with Crippen LogP contribution in [0.15, 0.2) is 84.5 Å². The van der Waals surface area contributed by atoms with E-state index in [9.17, 15) is 24.0 Å². The van der Waals surface area contributed by atoms with Crippen molar-refractivity contribution >= 4 is 35.7 Å². The van der Waals surface area contributed by atoms with Crippen LogP contribution in [-0.2, 0) is 33.4 Å². The Morgan fingerprint density at radius 2 is 1.27 bits per heavy atom. The second-order valence-electron chi connectivity index (χ2n) is 15.6. The van der Waals surface area contributed by atoms with E-state index in [-0.39, 0.29) is 85.9 Å². The van der Waals surface area contributed by atoms with Gasteiger partial charge in [0.1, 0.15) is 6.61 Å². The summed E-state index contributed by atoms with van der Waals surface area (Å²) in [4.78, 5) is 71.0. The number of benzene rings is 1. The summed E-state index contributed by atoms with van der Waals surface area (Å²) in [5.74, 6) is -4.82. The Morgan fingerprint density at radius 1 is 0.764 bits per heavy atom. The van der Waals surface area contributed by atoms with Crippen molar-refractivity contribution in [3.63, 3.8) is 0 Å². The largest absolute Gasteiger partial charge is 0.463 e. The number of amides is 4. The predicted octanol–water partition coefficient (Wildman–Crippen LogP) is 4.43. The number of methoxy groups -OCH3 is 1. The van der Waals surface area contributed by atoms with Gasteiger partial charge in [0, 0.05) is 63.5 Å². The summed E-state index contributed by atoms with van der Waals surface area (Å²) in [6.45, 7) is 14.1. The number of nitrogens with zero attached hydrogens (tertiary/aromatic N) is 2. The van der Waals surface area contributed by atoms with Crippen LogP contribution >= 0.6 is 0 Å². The van der Waals surface area contributed by atoms with Crippen molar-refractivity contribution in [3.05, 3.63) is 90.1 Å². The van der Waals surface area contributed by atoms with E-state index in [1.54, 1.807) is 6.08 Å². The lowest BCUT2D eigenvalue weighted by molar-refractivity contribution is -0.145. The predicted molar refractivity (Wildman–Crippen MR) is 211 cm³/mol. The lowest BCUT2D eigenvalue weighted by Gasteiger charge is -2.23. The van der Waals surface area contributed by atoms with Gasteiger partial charge >= 0.3 is 5.97 Å². The van der Waals surface area contributed by atoms with E-state index in [4.69, 9.17) is 15.2 Å². The number of ether oxygens (including phenoxy) is 2. The molecule has 4 amide bonds. The number of allylic oxidation sites excluding steroid dienone is 8. The summed E-state index contributed by atoms with van der Waals surface area (Å²) in [7, 11) is 1.53. The average Bonchev–Trinajstić information content (AvgIpc) is 3.78. The third-order valence-electron chi connectivity index (χ3n) is 11.1. The number of nitrogens with two attached hydrogens (primary N) is 1. The minimum absolute atomic E-state index is 0.150. The number of likely N-dealkylation sites (tertiary alicyclic amines) is 2. The van der Waals surface area contributed by atoms with Crippen LogP contribution in [0.2, 0.25) is 0 Å². The summed E-state index contributed by atoms with van der Waals surface area (Å²) in [6.07, 6.45) is 14.4. The summed E-state index contributed by atoms with van der Waals surface area (Å²) in [5.41, 5.74) is 8.86. The maximum atomic E-state index is 14.2. The van der Waals surface area contributed by atoms with Crippen LogP contribution in [0.5, 0.6) is 0 Å². The number of carbonyl (C=O) groups excluding carboxylic acids is 5. The number of hydrogen-bond acceptors (Lipinski definition) is 9. The summed E-state index contributed by atoms with van der Waals surface area (Å²) < 4.78 is 10.0. The number of esters is 1. The minimum Gasteiger partial charge on any atom is -0.463 e. The van der Waals surface area contributed by atoms with E-state index < -0.39 is 35.5 Å². The van der Waals surface area contributed by atoms with Gasteiger partial charge in [0.2, 0.25) is 23.6 Å². The van der Waals surface area contributed by atoms with Crippen molar-refractivity contribution in [1.29, 1.82) is 0 Å². The first-order chi connectivity index (χ1) is 26.4. The second kappa shape index (κ2) is 18.9. The van der Waals surface area contributed by atoms with Crippen molar-refractivity contribution in [2.45, 2.75) is 34.1 Å². The number of fused-ring (bicyclic) bond motifs is 2. The maximum Gasteiger partial charge on any atom is 0.307 e. The Hall–Kier alpha value is -4.45. The average molecular weight is 755 g/mol. The molecule has 55 heavy (non-hydrogen) atoms. The highest BCUT2D eigenvalue weighted by Gasteiger charge is 2.61. The van der Waals surface area contributed by atoms with Crippen LogP contribution in [0.1, 0.15) is 39.7 Å². The third kappa shape index (κ3) is 9.00. The van der Waals surface area contributed by atoms with Gasteiger partial charge in [-0.2, -0.15) is 0 Å². The molecule has 2 heterocycles. The third-order valence-corrected chi connectivity index (χ3v) is 11.1. The topological polar surface area (TPSA) is 148 Å². The number of rotatable bonds is 18. The molecule has 3 N–H and O–H groups in total. The van der Waals surface area contributed by atoms with E-state index in [1.807, 2.05) is 48.6 Å².